The third kappa shape index (κ3) is 2.80. The molecule has 0 spiro atoms. The summed E-state index contributed by atoms with van der Waals surface area (Å²) in [6.45, 7) is 2.06. The highest BCUT2D eigenvalue weighted by Crippen LogP contribution is 2.36. The third-order valence-electron chi connectivity index (χ3n) is 2.90. The van der Waals surface area contributed by atoms with Crippen LogP contribution in [0.1, 0.15) is 22.8 Å². The molecule has 2 aromatic rings. The van der Waals surface area contributed by atoms with Crippen molar-refractivity contribution in [2.75, 3.05) is 5.32 Å². The molecule has 0 atom stereocenters. The van der Waals surface area contributed by atoms with Crippen LogP contribution in [0.15, 0.2) is 30.3 Å². The monoisotopic (exact) mass is 289 g/mol. The number of anilines is 1. The Morgan fingerprint density at radius 3 is 2.55 bits per heavy atom. The van der Waals surface area contributed by atoms with Crippen molar-refractivity contribution in [3.63, 3.8) is 0 Å². The first-order valence-electron chi connectivity index (χ1n) is 6.11. The molecule has 5 N–H and O–H groups in total. The second kappa shape index (κ2) is 5.75. The number of nitrogens with two attached hydrogens (primary N) is 2. The highest BCUT2D eigenvalue weighted by Gasteiger charge is 2.17. The van der Waals surface area contributed by atoms with Gasteiger partial charge in [0.25, 0.3) is 5.91 Å². The maximum absolute atomic E-state index is 11.4. The van der Waals surface area contributed by atoms with Gasteiger partial charge in [-0.15, -0.1) is 11.3 Å². The van der Waals surface area contributed by atoms with E-state index in [2.05, 4.69) is 12.2 Å². The highest BCUT2D eigenvalue weighted by atomic mass is 32.1. The molecule has 0 bridgehead atoms. The fourth-order valence-electron chi connectivity index (χ4n) is 1.98. The van der Waals surface area contributed by atoms with Crippen molar-refractivity contribution in [1.29, 1.82) is 0 Å². The van der Waals surface area contributed by atoms with E-state index in [-0.39, 0.29) is 5.56 Å². The number of hydrogen-bond acceptors (Lipinski definition) is 3. The van der Waals surface area contributed by atoms with E-state index in [4.69, 9.17) is 11.5 Å². The van der Waals surface area contributed by atoms with Crippen LogP contribution >= 0.6 is 11.3 Å². The molecule has 2 rings (SSSR count). The van der Waals surface area contributed by atoms with Crippen molar-refractivity contribution in [3.8, 4) is 10.4 Å². The topological polar surface area (TPSA) is 98.2 Å². The lowest BCUT2D eigenvalue weighted by Crippen LogP contribution is -2.21. The normalized spacial score (nSPS) is 10.2. The lowest BCUT2D eigenvalue weighted by Gasteiger charge is -2.04. The zero-order chi connectivity index (χ0) is 14.7. The summed E-state index contributed by atoms with van der Waals surface area (Å²) < 4.78 is 0. The van der Waals surface area contributed by atoms with Crippen molar-refractivity contribution in [2.45, 2.75) is 13.3 Å². The predicted molar refractivity (Wildman–Crippen MR) is 80.9 cm³/mol. The van der Waals surface area contributed by atoms with Crippen LogP contribution in [0.25, 0.3) is 10.4 Å². The lowest BCUT2D eigenvalue weighted by atomic mass is 10.0. The molecule has 0 aliphatic heterocycles. The van der Waals surface area contributed by atoms with Gasteiger partial charge >= 0.3 is 6.03 Å². The van der Waals surface area contributed by atoms with E-state index in [1.54, 1.807) is 6.07 Å². The second-order valence-electron chi connectivity index (χ2n) is 4.22. The molecule has 0 radical (unpaired) electrons. The number of urea groups is 1. The molecule has 1 aromatic heterocycles. The molecular weight excluding hydrogens is 274 g/mol. The van der Waals surface area contributed by atoms with E-state index in [9.17, 15) is 9.59 Å². The minimum Gasteiger partial charge on any atom is -0.366 e. The largest absolute Gasteiger partial charge is 0.366 e. The molecule has 6 heteroatoms. The van der Waals surface area contributed by atoms with E-state index in [0.717, 1.165) is 22.4 Å². The van der Waals surface area contributed by atoms with E-state index in [1.807, 2.05) is 24.3 Å². The number of benzene rings is 1. The van der Waals surface area contributed by atoms with E-state index >= 15 is 0 Å². The van der Waals surface area contributed by atoms with Gasteiger partial charge < -0.3 is 11.5 Å². The quantitative estimate of drug-likeness (QED) is 0.806. The molecule has 0 fully saturated rings. The molecular formula is C14H15N3O2S. The Morgan fingerprint density at radius 2 is 1.95 bits per heavy atom. The maximum Gasteiger partial charge on any atom is 0.317 e. The Kier molecular flexibility index (Phi) is 4.05. The average Bonchev–Trinajstić information content (AvgIpc) is 2.81. The predicted octanol–water partition coefficient (Wildman–Crippen LogP) is 2.57. The van der Waals surface area contributed by atoms with Gasteiger partial charge in [0.15, 0.2) is 0 Å². The molecule has 20 heavy (non-hydrogen) atoms. The van der Waals surface area contributed by atoms with Crippen LogP contribution in [-0.4, -0.2) is 11.9 Å². The third-order valence-corrected chi connectivity index (χ3v) is 3.98. The standard InChI is InChI=1S/C14H15N3O2S/c1-2-8-5-3-4-6-9(8)11-7-10(12(15)18)13(20-11)17-14(16)19/h3-7H,2H2,1H3,(H2,15,18)(H3,16,17,19). The number of thiophene rings is 1. The molecule has 1 aromatic carbocycles. The van der Waals surface area contributed by atoms with Gasteiger partial charge in [-0.25, -0.2) is 4.79 Å². The SMILES string of the molecule is CCc1ccccc1-c1cc(C(N)=O)c(NC(N)=O)s1. The summed E-state index contributed by atoms with van der Waals surface area (Å²) in [5, 5.41) is 2.82. The number of rotatable bonds is 4. The summed E-state index contributed by atoms with van der Waals surface area (Å²) in [6, 6.07) is 8.87. The van der Waals surface area contributed by atoms with Gasteiger partial charge in [0.2, 0.25) is 0 Å². The van der Waals surface area contributed by atoms with Crippen molar-refractivity contribution >= 4 is 28.3 Å². The molecule has 0 aliphatic rings. The van der Waals surface area contributed by atoms with Gasteiger partial charge in [0, 0.05) is 4.88 Å². The van der Waals surface area contributed by atoms with Crippen LogP contribution in [0.5, 0.6) is 0 Å². The minimum absolute atomic E-state index is 0.273. The highest BCUT2D eigenvalue weighted by molar-refractivity contribution is 7.20. The van der Waals surface area contributed by atoms with Gasteiger partial charge in [-0.05, 0) is 23.6 Å². The Labute approximate surface area is 120 Å². The first kappa shape index (κ1) is 14.1. The minimum atomic E-state index is -0.718. The van der Waals surface area contributed by atoms with Crippen LogP contribution in [0, 0.1) is 0 Å². The van der Waals surface area contributed by atoms with Crippen molar-refractivity contribution < 1.29 is 9.59 Å². The van der Waals surface area contributed by atoms with Gasteiger partial charge in [-0.3, -0.25) is 10.1 Å². The van der Waals surface area contributed by atoms with Crippen molar-refractivity contribution in [1.82, 2.24) is 0 Å². The van der Waals surface area contributed by atoms with Gasteiger partial charge in [0.1, 0.15) is 5.00 Å². The summed E-state index contributed by atoms with van der Waals surface area (Å²) in [6.07, 6.45) is 0.874. The number of carbonyl (C=O) groups is 2. The number of primary amides is 2. The first-order valence-corrected chi connectivity index (χ1v) is 6.93. The molecule has 5 nitrogen and oxygen atoms in total. The summed E-state index contributed by atoms with van der Waals surface area (Å²) >= 11 is 1.29. The van der Waals surface area contributed by atoms with Gasteiger partial charge in [-0.1, -0.05) is 31.2 Å². The van der Waals surface area contributed by atoms with Crippen LogP contribution in [0.4, 0.5) is 9.80 Å². The number of amides is 3. The van der Waals surface area contributed by atoms with E-state index in [0.29, 0.717) is 5.00 Å². The Bertz CT molecular complexity index is 664. The van der Waals surface area contributed by atoms with Crippen molar-refractivity contribution in [3.05, 3.63) is 41.5 Å². The van der Waals surface area contributed by atoms with Crippen LogP contribution < -0.4 is 16.8 Å². The lowest BCUT2D eigenvalue weighted by molar-refractivity contribution is 0.100. The molecule has 0 saturated heterocycles. The second-order valence-corrected chi connectivity index (χ2v) is 5.27. The summed E-state index contributed by atoms with van der Waals surface area (Å²) in [5.74, 6) is -0.592. The molecule has 0 unspecified atom stereocenters. The zero-order valence-corrected chi connectivity index (χ0v) is 11.8. The Morgan fingerprint density at radius 1 is 1.25 bits per heavy atom. The van der Waals surface area contributed by atoms with Crippen LogP contribution in [0.2, 0.25) is 0 Å². The van der Waals surface area contributed by atoms with Crippen LogP contribution in [-0.2, 0) is 6.42 Å². The van der Waals surface area contributed by atoms with Crippen LogP contribution in [0.3, 0.4) is 0 Å². The average molecular weight is 289 g/mol. The number of carbonyl (C=O) groups excluding carboxylic acids is 2. The summed E-state index contributed by atoms with van der Waals surface area (Å²) in [5.41, 5.74) is 12.9. The number of aryl methyl sites for hydroxylation is 1. The Balaban J connectivity index is 2.52. The van der Waals surface area contributed by atoms with Gasteiger partial charge in [-0.2, -0.15) is 0 Å². The number of hydrogen-bond donors (Lipinski definition) is 3. The van der Waals surface area contributed by atoms with E-state index in [1.165, 1.54) is 11.3 Å². The maximum atomic E-state index is 11.4. The first-order chi connectivity index (χ1) is 9.52. The molecule has 104 valence electrons. The molecule has 0 saturated carbocycles. The summed E-state index contributed by atoms with van der Waals surface area (Å²) in [4.78, 5) is 23.3. The molecule has 0 aliphatic carbocycles. The zero-order valence-electron chi connectivity index (χ0n) is 11.0. The van der Waals surface area contributed by atoms with E-state index < -0.39 is 11.9 Å². The van der Waals surface area contributed by atoms with Crippen molar-refractivity contribution in [2.24, 2.45) is 11.5 Å². The Hall–Kier alpha value is -2.34. The summed E-state index contributed by atoms with van der Waals surface area (Å²) in [7, 11) is 0. The molecule has 3 amide bonds. The van der Waals surface area contributed by atoms with Gasteiger partial charge in [0.05, 0.1) is 5.56 Å². The molecule has 1 heterocycles. The number of nitrogens with one attached hydrogen (secondary N) is 1. The fourth-order valence-corrected chi connectivity index (χ4v) is 3.11. The smallest absolute Gasteiger partial charge is 0.317 e. The fraction of sp³-hybridized carbons (Fsp3) is 0.143.